The van der Waals surface area contributed by atoms with Gasteiger partial charge in [-0.1, -0.05) is 13.3 Å². The Morgan fingerprint density at radius 1 is 1.35 bits per heavy atom. The molecule has 4 rings (SSSR count). The van der Waals surface area contributed by atoms with Crippen LogP contribution in [0.1, 0.15) is 48.8 Å². The van der Waals surface area contributed by atoms with Crippen molar-refractivity contribution in [3.8, 4) is 0 Å². The molecule has 0 spiro atoms. The second-order valence-electron chi connectivity index (χ2n) is 7.27. The van der Waals surface area contributed by atoms with Gasteiger partial charge in [0.25, 0.3) is 0 Å². The number of anilines is 1. The summed E-state index contributed by atoms with van der Waals surface area (Å²) in [6, 6.07) is 2.09. The summed E-state index contributed by atoms with van der Waals surface area (Å²) >= 11 is 0. The van der Waals surface area contributed by atoms with Gasteiger partial charge in [0.2, 0.25) is 11.9 Å². The zero-order chi connectivity index (χ0) is 18.1. The lowest BCUT2D eigenvalue weighted by molar-refractivity contribution is -0.139. The van der Waals surface area contributed by atoms with Gasteiger partial charge in [-0.05, 0) is 37.8 Å². The number of nitrogens with zero attached hydrogens (tertiary/aromatic N) is 5. The Kier molecular flexibility index (Phi) is 4.61. The van der Waals surface area contributed by atoms with Crippen molar-refractivity contribution >= 4 is 11.9 Å². The summed E-state index contributed by atoms with van der Waals surface area (Å²) in [6.45, 7) is 6.92. The molecule has 2 aromatic heterocycles. The van der Waals surface area contributed by atoms with E-state index in [9.17, 15) is 4.79 Å². The zero-order valence-electron chi connectivity index (χ0n) is 15.5. The minimum absolute atomic E-state index is 0.261. The molecule has 1 fully saturated rings. The number of rotatable bonds is 5. The molecular formula is C19H26N6O. The molecule has 1 N–H and O–H groups in total. The van der Waals surface area contributed by atoms with E-state index >= 15 is 0 Å². The number of carbonyl (C=O) groups excluding carboxylic acids is 1. The first kappa shape index (κ1) is 17.0. The number of hydrogen-bond acceptors (Lipinski definition) is 5. The Hall–Kier alpha value is -2.44. The Balaban J connectivity index is 1.39. The first-order chi connectivity index (χ1) is 12.6. The molecule has 0 saturated heterocycles. The van der Waals surface area contributed by atoms with Gasteiger partial charge in [0.15, 0.2) is 0 Å². The summed E-state index contributed by atoms with van der Waals surface area (Å²) in [5.41, 5.74) is 4.25. The van der Waals surface area contributed by atoms with Gasteiger partial charge in [-0.15, -0.1) is 0 Å². The van der Waals surface area contributed by atoms with Crippen molar-refractivity contribution in [1.82, 2.24) is 24.6 Å². The molecule has 138 valence electrons. The minimum atomic E-state index is 0.261. The number of nitrogens with one attached hydrogen (secondary N) is 1. The zero-order valence-corrected chi connectivity index (χ0v) is 15.5. The molecule has 2 aromatic rings. The fraction of sp³-hybridized carbons (Fsp3) is 0.579. The van der Waals surface area contributed by atoms with Crippen molar-refractivity contribution in [2.75, 3.05) is 11.9 Å². The average Bonchev–Trinajstić information content (AvgIpc) is 3.01. The van der Waals surface area contributed by atoms with Crippen LogP contribution in [0.4, 0.5) is 5.95 Å². The molecule has 7 heteroatoms. The van der Waals surface area contributed by atoms with Gasteiger partial charge in [-0.3, -0.25) is 9.48 Å². The van der Waals surface area contributed by atoms with E-state index in [0.717, 1.165) is 55.0 Å². The van der Waals surface area contributed by atoms with Crippen molar-refractivity contribution < 1.29 is 4.79 Å². The van der Waals surface area contributed by atoms with E-state index in [4.69, 9.17) is 0 Å². The average molecular weight is 354 g/mol. The van der Waals surface area contributed by atoms with Crippen LogP contribution < -0.4 is 5.32 Å². The predicted molar refractivity (Wildman–Crippen MR) is 98.5 cm³/mol. The number of carbonyl (C=O) groups is 1. The van der Waals surface area contributed by atoms with E-state index in [-0.39, 0.29) is 5.92 Å². The molecule has 0 aromatic carbocycles. The highest BCUT2D eigenvalue weighted by molar-refractivity contribution is 5.79. The van der Waals surface area contributed by atoms with Gasteiger partial charge in [-0.25, -0.2) is 9.97 Å². The molecule has 1 aliphatic carbocycles. The normalized spacial score (nSPS) is 16.9. The van der Waals surface area contributed by atoms with Crippen LogP contribution in [0.25, 0.3) is 0 Å². The van der Waals surface area contributed by atoms with E-state index in [0.29, 0.717) is 24.9 Å². The number of aromatic nitrogens is 4. The van der Waals surface area contributed by atoms with Crippen LogP contribution in [0.15, 0.2) is 12.3 Å². The van der Waals surface area contributed by atoms with Crippen molar-refractivity contribution in [2.24, 2.45) is 5.92 Å². The van der Waals surface area contributed by atoms with Crippen LogP contribution in [0.3, 0.4) is 0 Å². The van der Waals surface area contributed by atoms with E-state index in [1.807, 2.05) is 22.7 Å². The molecule has 1 amide bonds. The monoisotopic (exact) mass is 354 g/mol. The van der Waals surface area contributed by atoms with E-state index in [2.05, 4.69) is 33.4 Å². The van der Waals surface area contributed by atoms with Crippen LogP contribution in [0.2, 0.25) is 0 Å². The minimum Gasteiger partial charge on any atom is -0.348 e. The molecular weight excluding hydrogens is 328 g/mol. The molecule has 0 bridgehead atoms. The van der Waals surface area contributed by atoms with Crippen LogP contribution in [0, 0.1) is 12.8 Å². The SMILES string of the molecule is CCc1nc(NCc2cc3n(n2)CCN(C(=O)C2CCC2)C3)ncc1C. The van der Waals surface area contributed by atoms with Gasteiger partial charge in [0, 0.05) is 24.4 Å². The largest absolute Gasteiger partial charge is 0.348 e. The number of aryl methyl sites for hydroxylation is 2. The predicted octanol–water partition coefficient (Wildman–Crippen LogP) is 2.30. The van der Waals surface area contributed by atoms with Crippen LogP contribution >= 0.6 is 0 Å². The maximum absolute atomic E-state index is 12.5. The number of amides is 1. The third-order valence-electron chi connectivity index (χ3n) is 5.45. The van der Waals surface area contributed by atoms with Crippen LogP contribution in [-0.4, -0.2) is 37.1 Å². The summed E-state index contributed by atoms with van der Waals surface area (Å²) < 4.78 is 2.02. The molecule has 1 saturated carbocycles. The fourth-order valence-electron chi connectivity index (χ4n) is 3.60. The maximum atomic E-state index is 12.5. The lowest BCUT2D eigenvalue weighted by atomic mass is 9.84. The highest BCUT2D eigenvalue weighted by Gasteiger charge is 2.31. The van der Waals surface area contributed by atoms with Gasteiger partial charge >= 0.3 is 0 Å². The second-order valence-corrected chi connectivity index (χ2v) is 7.27. The Bertz CT molecular complexity index is 810. The molecule has 0 unspecified atom stereocenters. The highest BCUT2D eigenvalue weighted by Crippen LogP contribution is 2.29. The molecule has 1 aliphatic heterocycles. The Morgan fingerprint density at radius 2 is 2.19 bits per heavy atom. The molecule has 3 heterocycles. The van der Waals surface area contributed by atoms with E-state index in [1.54, 1.807) is 0 Å². The van der Waals surface area contributed by atoms with Gasteiger partial charge < -0.3 is 10.2 Å². The van der Waals surface area contributed by atoms with E-state index in [1.165, 1.54) is 6.42 Å². The first-order valence-electron chi connectivity index (χ1n) is 9.55. The molecule has 7 nitrogen and oxygen atoms in total. The van der Waals surface area contributed by atoms with Crippen molar-refractivity contribution in [3.63, 3.8) is 0 Å². The number of hydrogen-bond donors (Lipinski definition) is 1. The van der Waals surface area contributed by atoms with Gasteiger partial charge in [0.05, 0.1) is 31.0 Å². The maximum Gasteiger partial charge on any atom is 0.226 e. The number of fused-ring (bicyclic) bond motifs is 1. The van der Waals surface area contributed by atoms with Gasteiger partial charge in [-0.2, -0.15) is 5.10 Å². The van der Waals surface area contributed by atoms with Crippen molar-refractivity contribution in [2.45, 2.75) is 59.2 Å². The van der Waals surface area contributed by atoms with Gasteiger partial charge in [0.1, 0.15) is 0 Å². The highest BCUT2D eigenvalue weighted by atomic mass is 16.2. The molecule has 0 atom stereocenters. The van der Waals surface area contributed by atoms with Crippen molar-refractivity contribution in [3.05, 3.63) is 34.9 Å². The smallest absolute Gasteiger partial charge is 0.226 e. The lowest BCUT2D eigenvalue weighted by Gasteiger charge is -2.34. The topological polar surface area (TPSA) is 75.9 Å². The Labute approximate surface area is 153 Å². The van der Waals surface area contributed by atoms with E-state index < -0.39 is 0 Å². The summed E-state index contributed by atoms with van der Waals surface area (Å²) in [5.74, 6) is 1.22. The van der Waals surface area contributed by atoms with Crippen LogP contribution in [-0.2, 0) is 30.8 Å². The summed E-state index contributed by atoms with van der Waals surface area (Å²) in [7, 11) is 0. The van der Waals surface area contributed by atoms with Crippen molar-refractivity contribution in [1.29, 1.82) is 0 Å². The quantitative estimate of drug-likeness (QED) is 0.892. The second kappa shape index (κ2) is 7.05. The Morgan fingerprint density at radius 3 is 2.92 bits per heavy atom. The third kappa shape index (κ3) is 3.30. The summed E-state index contributed by atoms with van der Waals surface area (Å²) in [4.78, 5) is 23.4. The fourth-order valence-corrected chi connectivity index (χ4v) is 3.60. The lowest BCUT2D eigenvalue weighted by Crippen LogP contribution is -2.43. The van der Waals surface area contributed by atoms with Crippen LogP contribution in [0.5, 0.6) is 0 Å². The standard InChI is InChI=1S/C19H26N6O/c1-3-17-13(2)10-20-19(22-17)21-11-15-9-16-12-24(7-8-25(16)23-15)18(26)14-5-4-6-14/h9-10,14H,3-8,11-12H2,1-2H3,(H,20,21,22). The summed E-state index contributed by atoms with van der Waals surface area (Å²) in [6.07, 6.45) is 6.06. The first-order valence-corrected chi connectivity index (χ1v) is 9.55. The third-order valence-corrected chi connectivity index (χ3v) is 5.45. The molecule has 0 radical (unpaired) electrons. The summed E-state index contributed by atoms with van der Waals surface area (Å²) in [5, 5.41) is 7.92. The molecule has 2 aliphatic rings. The molecule has 26 heavy (non-hydrogen) atoms.